The Bertz CT molecular complexity index is 1140. The first-order valence-corrected chi connectivity index (χ1v) is 10.3. The maximum absolute atomic E-state index is 14.5. The van der Waals surface area contributed by atoms with E-state index in [1.807, 2.05) is 23.1 Å². The van der Waals surface area contributed by atoms with Gasteiger partial charge in [0.15, 0.2) is 5.82 Å². The standard InChI is InChI=1S/C22H19Cl2FN4O/c1-2-19(30)29-9-3-4-14(11-29)13-5-7-17-15(10-13)22(27-12-26-17)28-18-8-6-16(23)20(24)21(18)25/h2,5-8,10,12,14H,1,3-4,9,11H2,(H,26,27,28)/t14-/m1/s1. The summed E-state index contributed by atoms with van der Waals surface area (Å²) in [5.74, 6) is -0.0324. The number of hydrogen-bond donors (Lipinski definition) is 1. The molecule has 1 saturated heterocycles. The first kappa shape index (κ1) is 20.6. The van der Waals surface area contributed by atoms with Crippen molar-refractivity contribution in [3.8, 4) is 0 Å². The minimum Gasteiger partial charge on any atom is -0.339 e. The highest BCUT2D eigenvalue weighted by Crippen LogP contribution is 2.34. The second kappa shape index (κ2) is 8.58. The molecule has 1 aliphatic heterocycles. The van der Waals surface area contributed by atoms with Crippen molar-refractivity contribution in [2.24, 2.45) is 0 Å². The molecule has 154 valence electrons. The molecule has 3 aromatic rings. The number of amides is 1. The molecule has 2 aromatic carbocycles. The Kier molecular flexibility index (Phi) is 5.88. The van der Waals surface area contributed by atoms with Crippen LogP contribution in [0.5, 0.6) is 0 Å². The molecule has 8 heteroatoms. The number of nitrogens with one attached hydrogen (secondary N) is 1. The summed E-state index contributed by atoms with van der Waals surface area (Å²) in [6.45, 7) is 4.95. The minimum atomic E-state index is -0.641. The zero-order chi connectivity index (χ0) is 21.3. The van der Waals surface area contributed by atoms with Gasteiger partial charge in [0.2, 0.25) is 5.91 Å². The third-order valence-electron chi connectivity index (χ3n) is 5.33. The summed E-state index contributed by atoms with van der Waals surface area (Å²) < 4.78 is 14.5. The number of aromatic nitrogens is 2. The molecule has 0 aliphatic carbocycles. The van der Waals surface area contributed by atoms with Crippen molar-refractivity contribution in [1.82, 2.24) is 14.9 Å². The number of piperidine rings is 1. The Balaban J connectivity index is 1.68. The summed E-state index contributed by atoms with van der Waals surface area (Å²) >= 11 is 11.8. The van der Waals surface area contributed by atoms with Gasteiger partial charge in [0.25, 0.3) is 0 Å². The van der Waals surface area contributed by atoms with Gasteiger partial charge in [-0.25, -0.2) is 14.4 Å². The second-order valence-corrected chi connectivity index (χ2v) is 7.96. The average molecular weight is 445 g/mol. The van der Waals surface area contributed by atoms with E-state index in [1.54, 1.807) is 0 Å². The van der Waals surface area contributed by atoms with E-state index >= 15 is 0 Å². The van der Waals surface area contributed by atoms with E-state index < -0.39 is 5.82 Å². The fourth-order valence-corrected chi connectivity index (χ4v) is 4.07. The average Bonchev–Trinajstić information content (AvgIpc) is 2.79. The number of hydrogen-bond acceptors (Lipinski definition) is 4. The molecule has 1 N–H and O–H groups in total. The molecular formula is C22H19Cl2FN4O. The maximum Gasteiger partial charge on any atom is 0.245 e. The molecular weight excluding hydrogens is 426 g/mol. The van der Waals surface area contributed by atoms with E-state index in [2.05, 4.69) is 21.9 Å². The molecule has 30 heavy (non-hydrogen) atoms. The van der Waals surface area contributed by atoms with Gasteiger partial charge in [-0.05, 0) is 48.7 Å². The number of fused-ring (bicyclic) bond motifs is 1. The van der Waals surface area contributed by atoms with Gasteiger partial charge in [-0.1, -0.05) is 35.8 Å². The molecule has 0 spiro atoms. The van der Waals surface area contributed by atoms with Crippen LogP contribution in [0.3, 0.4) is 0 Å². The number of nitrogens with zero attached hydrogens (tertiary/aromatic N) is 3. The molecule has 5 nitrogen and oxygen atoms in total. The highest BCUT2D eigenvalue weighted by Gasteiger charge is 2.24. The van der Waals surface area contributed by atoms with E-state index in [0.717, 1.165) is 35.9 Å². The molecule has 4 rings (SSSR count). The smallest absolute Gasteiger partial charge is 0.245 e. The fraction of sp³-hybridized carbons (Fsp3) is 0.227. The van der Waals surface area contributed by atoms with Gasteiger partial charge < -0.3 is 10.2 Å². The van der Waals surface area contributed by atoms with E-state index in [0.29, 0.717) is 12.4 Å². The van der Waals surface area contributed by atoms with Gasteiger partial charge in [0.05, 0.1) is 21.2 Å². The lowest BCUT2D eigenvalue weighted by atomic mass is 9.90. The summed E-state index contributed by atoms with van der Waals surface area (Å²) in [6.07, 6.45) is 4.67. The summed E-state index contributed by atoms with van der Waals surface area (Å²) in [7, 11) is 0. The monoisotopic (exact) mass is 444 g/mol. The summed E-state index contributed by atoms with van der Waals surface area (Å²) in [5.41, 5.74) is 1.98. The fourth-order valence-electron chi connectivity index (χ4n) is 3.76. The van der Waals surface area contributed by atoms with Gasteiger partial charge in [-0.2, -0.15) is 0 Å². The van der Waals surface area contributed by atoms with Crippen LogP contribution in [-0.4, -0.2) is 33.9 Å². The van der Waals surface area contributed by atoms with Crippen LogP contribution in [0.4, 0.5) is 15.9 Å². The van der Waals surface area contributed by atoms with Gasteiger partial charge in [-0.3, -0.25) is 4.79 Å². The highest BCUT2D eigenvalue weighted by atomic mass is 35.5. The van der Waals surface area contributed by atoms with Crippen LogP contribution in [-0.2, 0) is 4.79 Å². The third-order valence-corrected chi connectivity index (χ3v) is 6.11. The molecule has 1 atom stereocenters. The first-order chi connectivity index (χ1) is 14.5. The number of rotatable bonds is 4. The molecule has 0 bridgehead atoms. The molecule has 1 fully saturated rings. The zero-order valence-corrected chi connectivity index (χ0v) is 17.5. The number of carbonyl (C=O) groups is 1. The number of anilines is 2. The molecule has 1 amide bonds. The van der Waals surface area contributed by atoms with Crippen molar-refractivity contribution in [2.45, 2.75) is 18.8 Å². The molecule has 2 heterocycles. The van der Waals surface area contributed by atoms with Crippen molar-refractivity contribution < 1.29 is 9.18 Å². The molecule has 0 unspecified atom stereocenters. The highest BCUT2D eigenvalue weighted by molar-refractivity contribution is 6.42. The number of halogens is 3. The minimum absolute atomic E-state index is 0.0544. The predicted octanol–water partition coefficient (Wildman–Crippen LogP) is 5.71. The van der Waals surface area contributed by atoms with Crippen LogP contribution in [0.15, 0.2) is 49.3 Å². The topological polar surface area (TPSA) is 58.1 Å². The van der Waals surface area contributed by atoms with Crippen LogP contribution < -0.4 is 5.32 Å². The van der Waals surface area contributed by atoms with E-state index in [9.17, 15) is 9.18 Å². The Labute approximate surface area is 183 Å². The zero-order valence-electron chi connectivity index (χ0n) is 16.0. The van der Waals surface area contributed by atoms with Crippen LogP contribution in [0.25, 0.3) is 10.9 Å². The van der Waals surface area contributed by atoms with Crippen LogP contribution in [0.1, 0.15) is 24.3 Å². The lowest BCUT2D eigenvalue weighted by Crippen LogP contribution is -2.38. The first-order valence-electron chi connectivity index (χ1n) is 9.54. The number of likely N-dealkylation sites (tertiary alicyclic amines) is 1. The molecule has 0 saturated carbocycles. The van der Waals surface area contributed by atoms with Crippen molar-refractivity contribution in [3.05, 3.63) is 70.7 Å². The Morgan fingerprint density at radius 3 is 2.90 bits per heavy atom. The predicted molar refractivity (Wildman–Crippen MR) is 118 cm³/mol. The quantitative estimate of drug-likeness (QED) is 0.413. The van der Waals surface area contributed by atoms with E-state index in [1.165, 1.54) is 24.5 Å². The molecule has 1 aliphatic rings. The summed E-state index contributed by atoms with van der Waals surface area (Å²) in [4.78, 5) is 22.4. The second-order valence-electron chi connectivity index (χ2n) is 7.17. The van der Waals surface area contributed by atoms with Gasteiger partial charge in [0, 0.05) is 24.4 Å². The lowest BCUT2D eigenvalue weighted by Gasteiger charge is -2.32. The van der Waals surface area contributed by atoms with Crippen LogP contribution in [0, 0.1) is 5.82 Å². The normalized spacial score (nSPS) is 16.5. The van der Waals surface area contributed by atoms with Gasteiger partial charge >= 0.3 is 0 Å². The van der Waals surface area contributed by atoms with Crippen molar-refractivity contribution in [1.29, 1.82) is 0 Å². The van der Waals surface area contributed by atoms with Gasteiger partial charge in [0.1, 0.15) is 12.1 Å². The lowest BCUT2D eigenvalue weighted by molar-refractivity contribution is -0.127. The van der Waals surface area contributed by atoms with Crippen molar-refractivity contribution >= 4 is 51.5 Å². The van der Waals surface area contributed by atoms with Gasteiger partial charge in [-0.15, -0.1) is 0 Å². The van der Waals surface area contributed by atoms with Crippen molar-refractivity contribution in [3.63, 3.8) is 0 Å². The Morgan fingerprint density at radius 1 is 1.27 bits per heavy atom. The summed E-state index contributed by atoms with van der Waals surface area (Å²) in [6, 6.07) is 8.97. The van der Waals surface area contributed by atoms with Crippen LogP contribution in [0.2, 0.25) is 10.0 Å². The SMILES string of the molecule is C=CC(=O)N1CCC[C@@H](c2ccc3ncnc(Nc4ccc(Cl)c(Cl)c4F)c3c2)C1. The maximum atomic E-state index is 14.5. The van der Waals surface area contributed by atoms with Crippen molar-refractivity contribution in [2.75, 3.05) is 18.4 Å². The molecule has 0 radical (unpaired) electrons. The largest absolute Gasteiger partial charge is 0.339 e. The number of benzene rings is 2. The van der Waals surface area contributed by atoms with E-state index in [4.69, 9.17) is 23.2 Å². The summed E-state index contributed by atoms with van der Waals surface area (Å²) in [5, 5.41) is 3.76. The van der Waals surface area contributed by atoms with E-state index in [-0.39, 0.29) is 27.6 Å². The number of carbonyl (C=O) groups excluding carboxylic acids is 1. The molecule has 1 aromatic heterocycles. The third kappa shape index (κ3) is 3.98. The Morgan fingerprint density at radius 2 is 2.10 bits per heavy atom. The Hall–Kier alpha value is -2.70. The van der Waals surface area contributed by atoms with Crippen LogP contribution >= 0.6 is 23.2 Å².